The van der Waals surface area contributed by atoms with E-state index in [4.69, 9.17) is 4.74 Å². The number of benzene rings is 2. The van der Waals surface area contributed by atoms with E-state index in [2.05, 4.69) is 15.3 Å². The maximum atomic E-state index is 12.4. The first-order chi connectivity index (χ1) is 15.4. The molecule has 8 nitrogen and oxygen atoms in total. The molecule has 0 atom stereocenters. The van der Waals surface area contributed by atoms with Gasteiger partial charge in [0.05, 0.1) is 15.5 Å². The highest BCUT2D eigenvalue weighted by Crippen LogP contribution is 2.30. The van der Waals surface area contributed by atoms with Crippen LogP contribution in [0.5, 0.6) is 11.6 Å². The van der Waals surface area contributed by atoms with Crippen LogP contribution in [-0.2, 0) is 4.79 Å². The number of pyridine rings is 1. The molecule has 0 saturated carbocycles. The van der Waals surface area contributed by atoms with Crippen molar-refractivity contribution < 1.29 is 14.5 Å². The third kappa shape index (κ3) is 4.84. The molecule has 32 heavy (non-hydrogen) atoms. The predicted octanol–water partition coefficient (Wildman–Crippen LogP) is 5.29. The smallest absolute Gasteiger partial charge is 0.287 e. The fourth-order valence-electron chi connectivity index (χ4n) is 2.89. The number of hydrogen-bond acceptors (Lipinski definition) is 7. The molecule has 2 heterocycles. The number of amides is 1. The summed E-state index contributed by atoms with van der Waals surface area (Å²) in [5.74, 6) is 0.573. The molecular formula is C23H18N4O4S. The largest absolute Gasteiger partial charge is 0.439 e. The monoisotopic (exact) mass is 446 g/mol. The lowest BCUT2D eigenvalue weighted by molar-refractivity contribution is -0.385. The molecule has 1 aliphatic rings. The predicted molar refractivity (Wildman–Crippen MR) is 124 cm³/mol. The van der Waals surface area contributed by atoms with Crippen molar-refractivity contribution in [3.05, 3.63) is 92.5 Å². The van der Waals surface area contributed by atoms with Crippen molar-refractivity contribution in [2.75, 3.05) is 0 Å². The molecule has 4 rings (SSSR count). The molecule has 1 saturated heterocycles. The molecule has 1 aromatic heterocycles. The molecule has 0 unspecified atom stereocenters. The van der Waals surface area contributed by atoms with Crippen LogP contribution in [0.25, 0.3) is 6.08 Å². The maximum Gasteiger partial charge on any atom is 0.287 e. The van der Waals surface area contributed by atoms with Gasteiger partial charge in [-0.2, -0.15) is 0 Å². The van der Waals surface area contributed by atoms with Gasteiger partial charge < -0.3 is 10.1 Å². The minimum atomic E-state index is -0.519. The Hall–Kier alpha value is -3.98. The van der Waals surface area contributed by atoms with E-state index in [0.717, 1.165) is 28.6 Å². The number of aromatic nitrogens is 1. The summed E-state index contributed by atoms with van der Waals surface area (Å²) in [6.45, 7) is 4.03. The number of rotatable bonds is 5. The average Bonchev–Trinajstić information content (AvgIpc) is 3.12. The Morgan fingerprint density at radius 2 is 1.91 bits per heavy atom. The molecule has 1 aliphatic heterocycles. The van der Waals surface area contributed by atoms with E-state index in [0.29, 0.717) is 15.8 Å². The van der Waals surface area contributed by atoms with Gasteiger partial charge in [0.25, 0.3) is 11.6 Å². The summed E-state index contributed by atoms with van der Waals surface area (Å²) >= 11 is 1.29. The summed E-state index contributed by atoms with van der Waals surface area (Å²) in [5.41, 5.74) is 3.76. The van der Waals surface area contributed by atoms with Crippen molar-refractivity contribution in [2.45, 2.75) is 13.8 Å². The van der Waals surface area contributed by atoms with Crippen LogP contribution < -0.4 is 10.1 Å². The van der Waals surface area contributed by atoms with Gasteiger partial charge in [-0.1, -0.05) is 24.3 Å². The summed E-state index contributed by atoms with van der Waals surface area (Å²) in [5, 5.41) is 14.0. The van der Waals surface area contributed by atoms with E-state index in [1.54, 1.807) is 30.3 Å². The SMILES string of the molecule is Cc1cccc(N=C2NC(=O)/C(=C/c3ccc(Oc4ccc([N+](=O)[O-])cn4)cc3)S2)c1C. The van der Waals surface area contributed by atoms with E-state index >= 15 is 0 Å². The van der Waals surface area contributed by atoms with Gasteiger partial charge in [-0.15, -0.1) is 0 Å². The third-order valence-electron chi connectivity index (χ3n) is 4.78. The minimum Gasteiger partial charge on any atom is -0.439 e. The molecule has 160 valence electrons. The number of nitrogens with one attached hydrogen (secondary N) is 1. The number of aliphatic imine (C=N–C) groups is 1. The number of hydrogen-bond donors (Lipinski definition) is 1. The Bertz CT molecular complexity index is 1250. The second kappa shape index (κ2) is 9.03. The molecular weight excluding hydrogens is 428 g/mol. The van der Waals surface area contributed by atoms with Crippen molar-refractivity contribution in [1.82, 2.24) is 10.3 Å². The number of carbonyl (C=O) groups is 1. The van der Waals surface area contributed by atoms with Gasteiger partial charge in [-0.05, 0) is 66.6 Å². The van der Waals surface area contributed by atoms with Gasteiger partial charge in [0.15, 0.2) is 5.17 Å². The molecule has 9 heteroatoms. The fraction of sp³-hybridized carbons (Fsp3) is 0.0870. The number of ether oxygens (including phenoxy) is 1. The molecule has 1 amide bonds. The van der Waals surface area contributed by atoms with E-state index < -0.39 is 4.92 Å². The van der Waals surface area contributed by atoms with Crippen LogP contribution in [-0.4, -0.2) is 21.0 Å². The first kappa shape index (κ1) is 21.3. The van der Waals surface area contributed by atoms with Crippen LogP contribution in [0.15, 0.2) is 70.7 Å². The molecule has 2 aromatic carbocycles. The Morgan fingerprint density at radius 3 is 2.59 bits per heavy atom. The van der Waals surface area contributed by atoms with Gasteiger partial charge in [0, 0.05) is 12.1 Å². The summed E-state index contributed by atoms with van der Waals surface area (Å²) < 4.78 is 5.61. The molecule has 0 spiro atoms. The number of aryl methyl sites for hydroxylation is 1. The first-order valence-corrected chi connectivity index (χ1v) is 10.4. The molecule has 3 aromatic rings. The molecule has 0 bridgehead atoms. The zero-order valence-corrected chi connectivity index (χ0v) is 18.1. The van der Waals surface area contributed by atoms with Crippen LogP contribution in [0.4, 0.5) is 11.4 Å². The minimum absolute atomic E-state index is 0.105. The molecule has 0 aliphatic carbocycles. The van der Waals surface area contributed by atoms with E-state index in [1.165, 1.54) is 23.9 Å². The fourth-order valence-corrected chi connectivity index (χ4v) is 3.73. The molecule has 1 fully saturated rings. The quantitative estimate of drug-likeness (QED) is 0.324. The third-order valence-corrected chi connectivity index (χ3v) is 5.69. The molecule has 1 N–H and O–H groups in total. The van der Waals surface area contributed by atoms with Crippen molar-refractivity contribution in [3.63, 3.8) is 0 Å². The lowest BCUT2D eigenvalue weighted by atomic mass is 10.1. The van der Waals surface area contributed by atoms with E-state index in [-0.39, 0.29) is 17.5 Å². The lowest BCUT2D eigenvalue weighted by Gasteiger charge is -2.04. The van der Waals surface area contributed by atoms with Crippen LogP contribution in [0, 0.1) is 24.0 Å². The zero-order valence-electron chi connectivity index (χ0n) is 17.2. The second-order valence-electron chi connectivity index (χ2n) is 6.98. The van der Waals surface area contributed by atoms with Crippen LogP contribution in [0.1, 0.15) is 16.7 Å². The first-order valence-electron chi connectivity index (χ1n) is 9.63. The zero-order chi connectivity index (χ0) is 22.7. The van der Waals surface area contributed by atoms with Gasteiger partial charge in [-0.3, -0.25) is 14.9 Å². The van der Waals surface area contributed by atoms with Crippen molar-refractivity contribution >= 4 is 40.3 Å². The maximum absolute atomic E-state index is 12.4. The van der Waals surface area contributed by atoms with E-state index in [9.17, 15) is 14.9 Å². The van der Waals surface area contributed by atoms with Crippen LogP contribution in [0.2, 0.25) is 0 Å². The number of thioether (sulfide) groups is 1. The highest BCUT2D eigenvalue weighted by molar-refractivity contribution is 8.18. The summed E-state index contributed by atoms with van der Waals surface area (Å²) in [6, 6.07) is 15.7. The Morgan fingerprint density at radius 1 is 1.12 bits per heavy atom. The van der Waals surface area contributed by atoms with Crippen molar-refractivity contribution in [3.8, 4) is 11.6 Å². The van der Waals surface area contributed by atoms with Crippen molar-refractivity contribution in [1.29, 1.82) is 0 Å². The highest BCUT2D eigenvalue weighted by atomic mass is 32.2. The Kier molecular flexibility index (Phi) is 6.00. The van der Waals surface area contributed by atoms with Gasteiger partial charge in [0.2, 0.25) is 5.88 Å². The topological polar surface area (TPSA) is 107 Å². The Balaban J connectivity index is 1.45. The number of nitro groups is 1. The van der Waals surface area contributed by atoms with Crippen LogP contribution >= 0.6 is 11.8 Å². The lowest BCUT2D eigenvalue weighted by Crippen LogP contribution is -2.19. The number of nitrogens with zero attached hydrogens (tertiary/aromatic N) is 3. The summed E-state index contributed by atoms with van der Waals surface area (Å²) in [6.07, 6.45) is 2.92. The Labute approximate surface area is 188 Å². The normalized spacial score (nSPS) is 15.8. The number of carbonyl (C=O) groups excluding carboxylic acids is 1. The summed E-state index contributed by atoms with van der Waals surface area (Å²) in [7, 11) is 0. The van der Waals surface area contributed by atoms with Crippen molar-refractivity contribution in [2.24, 2.45) is 4.99 Å². The average molecular weight is 446 g/mol. The van der Waals surface area contributed by atoms with Gasteiger partial charge >= 0.3 is 0 Å². The second-order valence-corrected chi connectivity index (χ2v) is 8.01. The van der Waals surface area contributed by atoms with E-state index in [1.807, 2.05) is 32.0 Å². The van der Waals surface area contributed by atoms with Crippen LogP contribution in [0.3, 0.4) is 0 Å². The number of amidine groups is 1. The van der Waals surface area contributed by atoms with Gasteiger partial charge in [0.1, 0.15) is 11.9 Å². The van der Waals surface area contributed by atoms with Gasteiger partial charge in [-0.25, -0.2) is 9.98 Å². The summed E-state index contributed by atoms with van der Waals surface area (Å²) in [4.78, 5) is 31.6. The highest BCUT2D eigenvalue weighted by Gasteiger charge is 2.24. The standard InChI is InChI=1S/C23H18N4O4S/c1-14-4-3-5-19(15(14)2)25-23-26-22(28)20(32-23)12-16-6-9-18(10-7-16)31-21-11-8-17(13-24-21)27(29)30/h3-13H,1-2H3,(H,25,26,28)/b20-12-. The molecule has 0 radical (unpaired) electrons.